The van der Waals surface area contributed by atoms with Gasteiger partial charge in [-0.3, -0.25) is 18.7 Å². The van der Waals surface area contributed by atoms with Gasteiger partial charge in [-0.2, -0.15) is 16.8 Å². The van der Waals surface area contributed by atoms with Crippen LogP contribution in [0.25, 0.3) is 21.5 Å². The first-order valence-corrected chi connectivity index (χ1v) is 17.8. The molecule has 17 heteroatoms. The normalized spacial score (nSPS) is 11.6. The Labute approximate surface area is 295 Å². The maximum absolute atomic E-state index is 13.0. The Balaban J connectivity index is 1.09. The van der Waals surface area contributed by atoms with Crippen LogP contribution in [0, 0.1) is 0 Å². The van der Waals surface area contributed by atoms with Crippen LogP contribution in [0.3, 0.4) is 0 Å². The Morgan fingerprint density at radius 3 is 1.17 bits per heavy atom. The summed E-state index contributed by atoms with van der Waals surface area (Å²) >= 11 is 0. The van der Waals surface area contributed by atoms with Gasteiger partial charge in [0.05, 0.1) is 11.4 Å². The van der Waals surface area contributed by atoms with Crippen molar-refractivity contribution in [2.24, 2.45) is 0 Å². The number of urea groups is 1. The van der Waals surface area contributed by atoms with E-state index in [-0.39, 0.29) is 55.5 Å². The second kappa shape index (κ2) is 13.6. The molecule has 0 saturated carbocycles. The van der Waals surface area contributed by atoms with E-state index < -0.39 is 47.9 Å². The van der Waals surface area contributed by atoms with Gasteiger partial charge in [0.1, 0.15) is 21.3 Å². The molecule has 6 aromatic rings. The zero-order valence-corrected chi connectivity index (χ0v) is 28.0. The summed E-state index contributed by atoms with van der Waals surface area (Å²) in [5.74, 6) is -1.90. The molecule has 0 aliphatic rings. The summed E-state index contributed by atoms with van der Waals surface area (Å²) < 4.78 is 66.3. The Hall–Kier alpha value is -6.53. The molecule has 6 aromatic carbocycles. The lowest BCUT2D eigenvalue weighted by molar-refractivity contribution is 0.101. The van der Waals surface area contributed by atoms with E-state index in [1.807, 2.05) is 0 Å². The zero-order valence-electron chi connectivity index (χ0n) is 26.4. The number of carbonyl (C=O) groups excluding carboxylic acids is 3. The summed E-state index contributed by atoms with van der Waals surface area (Å²) in [6.07, 6.45) is 0. The standard InChI is InChI=1S/C35H26N4O11S2/c40-23-15-27-25(3-1-5-31(27)51(45,46)47)29(17-23)38-33(42)19-7-11-21(12-8-19)36-35(44)37-22-13-9-20(10-14-22)34(43)39-30-18-24(41)16-28-26(30)4-2-6-32(28)52(48,49)50/h1-18,40-41H,(H,38,42)(H,39,43)(H2,36,37,44)(H,45,46,47)(H,48,49,50). The van der Waals surface area contributed by atoms with Crippen LogP contribution in [0.15, 0.2) is 119 Å². The van der Waals surface area contributed by atoms with Crippen LogP contribution in [0.5, 0.6) is 11.5 Å². The SMILES string of the molecule is O=C(Nc1ccc(C(=O)Nc2cc(O)cc3c(S(=O)(=O)O)cccc23)cc1)Nc1ccc(C(=O)Nc2cc(O)cc3c(S(=O)(=O)O)cccc23)cc1. The fourth-order valence-electron chi connectivity index (χ4n) is 5.43. The van der Waals surface area contributed by atoms with Gasteiger partial charge in [-0.1, -0.05) is 24.3 Å². The van der Waals surface area contributed by atoms with Crippen LogP contribution in [0.2, 0.25) is 0 Å². The predicted octanol–water partition coefficient (Wildman–Crippen LogP) is 6.05. The molecule has 0 fully saturated rings. The fourth-order valence-corrected chi connectivity index (χ4v) is 6.83. The van der Waals surface area contributed by atoms with Crippen molar-refractivity contribution in [3.63, 3.8) is 0 Å². The lowest BCUT2D eigenvalue weighted by Gasteiger charge is -2.13. The second-order valence-corrected chi connectivity index (χ2v) is 14.1. The van der Waals surface area contributed by atoms with Crippen LogP contribution in [0.1, 0.15) is 20.7 Å². The molecule has 0 heterocycles. The molecule has 0 aliphatic heterocycles. The number of rotatable bonds is 8. The average Bonchev–Trinajstić information content (AvgIpc) is 3.07. The van der Waals surface area contributed by atoms with E-state index in [0.29, 0.717) is 11.4 Å². The van der Waals surface area contributed by atoms with Crippen molar-refractivity contribution in [1.29, 1.82) is 0 Å². The molecule has 0 radical (unpaired) electrons. The van der Waals surface area contributed by atoms with Crippen molar-refractivity contribution < 1.29 is 50.5 Å². The van der Waals surface area contributed by atoms with Gasteiger partial charge in [-0.05, 0) is 72.8 Å². The third-order valence-corrected chi connectivity index (χ3v) is 9.57. The second-order valence-electron chi connectivity index (χ2n) is 11.3. The molecule has 8 N–H and O–H groups in total. The number of nitrogens with one attached hydrogen (secondary N) is 4. The summed E-state index contributed by atoms with van der Waals surface area (Å²) in [6, 6.07) is 23.8. The van der Waals surface area contributed by atoms with Crippen LogP contribution in [-0.2, 0) is 20.2 Å². The van der Waals surface area contributed by atoms with E-state index in [1.165, 1.54) is 84.9 Å². The molecule has 0 bridgehead atoms. The molecule has 0 saturated heterocycles. The Morgan fingerprint density at radius 1 is 0.462 bits per heavy atom. The molecule has 15 nitrogen and oxygen atoms in total. The lowest BCUT2D eigenvalue weighted by Crippen LogP contribution is -2.20. The zero-order chi connectivity index (χ0) is 37.4. The summed E-state index contributed by atoms with van der Waals surface area (Å²) in [5, 5.41) is 31.3. The number of hydrogen-bond acceptors (Lipinski definition) is 9. The molecule has 264 valence electrons. The van der Waals surface area contributed by atoms with Gasteiger partial charge in [0, 0.05) is 56.2 Å². The first-order chi connectivity index (χ1) is 24.6. The van der Waals surface area contributed by atoms with Crippen molar-refractivity contribution in [3.8, 4) is 11.5 Å². The minimum atomic E-state index is -4.61. The van der Waals surface area contributed by atoms with Crippen molar-refractivity contribution >= 4 is 82.4 Å². The number of phenolic OH excluding ortho intramolecular Hbond substituents is 2. The number of amides is 4. The van der Waals surface area contributed by atoms with E-state index in [2.05, 4.69) is 21.3 Å². The first kappa shape index (κ1) is 35.3. The highest BCUT2D eigenvalue weighted by Gasteiger charge is 2.19. The fraction of sp³-hybridized carbons (Fsp3) is 0. The molecule has 6 rings (SSSR count). The average molecular weight is 743 g/mol. The highest BCUT2D eigenvalue weighted by Crippen LogP contribution is 2.35. The third kappa shape index (κ3) is 7.62. The number of fused-ring (bicyclic) bond motifs is 2. The van der Waals surface area contributed by atoms with Crippen LogP contribution in [0.4, 0.5) is 27.5 Å². The van der Waals surface area contributed by atoms with Crippen molar-refractivity contribution in [3.05, 3.63) is 120 Å². The monoisotopic (exact) mass is 742 g/mol. The quantitative estimate of drug-likeness (QED) is 0.0834. The number of benzene rings is 6. The molecule has 4 amide bonds. The molecular formula is C35H26N4O11S2. The molecule has 0 aliphatic carbocycles. The van der Waals surface area contributed by atoms with Crippen LogP contribution < -0.4 is 21.3 Å². The number of carbonyl (C=O) groups is 3. The summed E-state index contributed by atoms with van der Waals surface area (Å²) in [4.78, 5) is 37.8. The van der Waals surface area contributed by atoms with Crippen LogP contribution >= 0.6 is 0 Å². The Morgan fingerprint density at radius 2 is 0.827 bits per heavy atom. The van der Waals surface area contributed by atoms with Gasteiger partial charge in [0.25, 0.3) is 32.1 Å². The summed E-state index contributed by atoms with van der Waals surface area (Å²) in [5.41, 5.74) is 1.16. The largest absolute Gasteiger partial charge is 0.508 e. The van der Waals surface area contributed by atoms with Crippen LogP contribution in [-0.4, -0.2) is 54.0 Å². The minimum Gasteiger partial charge on any atom is -0.508 e. The number of phenols is 2. The maximum atomic E-state index is 13.0. The number of hydrogen-bond donors (Lipinski definition) is 8. The molecule has 0 aromatic heterocycles. The van der Waals surface area contributed by atoms with Gasteiger partial charge < -0.3 is 31.5 Å². The minimum absolute atomic E-state index is 0.00461. The van der Waals surface area contributed by atoms with E-state index >= 15 is 0 Å². The van der Waals surface area contributed by atoms with Crippen molar-refractivity contribution in [1.82, 2.24) is 0 Å². The van der Waals surface area contributed by atoms with Crippen molar-refractivity contribution in [2.45, 2.75) is 9.79 Å². The van der Waals surface area contributed by atoms with Gasteiger partial charge in [0.2, 0.25) is 0 Å². The van der Waals surface area contributed by atoms with Gasteiger partial charge in [-0.25, -0.2) is 4.79 Å². The topological polar surface area (TPSA) is 249 Å². The molecular weight excluding hydrogens is 717 g/mol. The highest BCUT2D eigenvalue weighted by atomic mass is 32.2. The Bertz CT molecular complexity index is 2460. The third-order valence-electron chi connectivity index (χ3n) is 7.74. The lowest BCUT2D eigenvalue weighted by atomic mass is 10.1. The number of aromatic hydroxyl groups is 2. The number of anilines is 4. The maximum Gasteiger partial charge on any atom is 0.323 e. The summed E-state index contributed by atoms with van der Waals surface area (Å²) in [7, 11) is -9.23. The van der Waals surface area contributed by atoms with E-state index in [1.54, 1.807) is 0 Å². The summed E-state index contributed by atoms with van der Waals surface area (Å²) in [6.45, 7) is 0. The molecule has 0 atom stereocenters. The van der Waals surface area contributed by atoms with E-state index in [0.717, 1.165) is 24.3 Å². The molecule has 0 unspecified atom stereocenters. The predicted molar refractivity (Wildman–Crippen MR) is 192 cm³/mol. The van der Waals surface area contributed by atoms with Crippen molar-refractivity contribution in [2.75, 3.05) is 21.3 Å². The van der Waals surface area contributed by atoms with E-state index in [9.17, 15) is 50.5 Å². The van der Waals surface area contributed by atoms with Gasteiger partial charge in [-0.15, -0.1) is 0 Å². The van der Waals surface area contributed by atoms with Gasteiger partial charge in [0.15, 0.2) is 0 Å². The Kier molecular flexibility index (Phi) is 9.26. The van der Waals surface area contributed by atoms with E-state index in [4.69, 9.17) is 0 Å². The molecule has 52 heavy (non-hydrogen) atoms. The van der Waals surface area contributed by atoms with Gasteiger partial charge >= 0.3 is 6.03 Å². The smallest absolute Gasteiger partial charge is 0.323 e. The highest BCUT2D eigenvalue weighted by molar-refractivity contribution is 7.86. The molecule has 0 spiro atoms. The first-order valence-electron chi connectivity index (χ1n) is 14.9.